The number of pyridine rings is 1. The van der Waals surface area contributed by atoms with Crippen LogP contribution in [0.25, 0.3) is 10.9 Å². The molecule has 21 heavy (non-hydrogen) atoms. The molecule has 0 radical (unpaired) electrons. The van der Waals surface area contributed by atoms with Crippen LogP contribution in [-0.2, 0) is 0 Å². The maximum Gasteiger partial charge on any atom is 0.0702 e. The molecule has 0 bridgehead atoms. The van der Waals surface area contributed by atoms with Gasteiger partial charge in [0.25, 0.3) is 0 Å². The maximum atomic E-state index is 6.30. The second-order valence-corrected chi connectivity index (χ2v) is 6.29. The lowest BCUT2D eigenvalue weighted by Gasteiger charge is -2.12. The number of fused-ring (bicyclic) bond motifs is 1. The molecule has 106 valence electrons. The predicted molar refractivity (Wildman–Crippen MR) is 90.6 cm³/mol. The number of rotatable bonds is 4. The Hall–Kier alpha value is -1.84. The number of hydrogen-bond acceptors (Lipinski definition) is 3. The van der Waals surface area contributed by atoms with Gasteiger partial charge < -0.3 is 5.73 Å². The van der Waals surface area contributed by atoms with Gasteiger partial charge in [-0.05, 0) is 36.8 Å². The summed E-state index contributed by atoms with van der Waals surface area (Å²) in [6.45, 7) is 2.10. The standard InChI is InChI=1S/C18H18N2S/c1-13-6-8-16(9-7-13)21-12-17(19)15-10-14-4-2-3-5-18(14)20-11-15/h2-11,17H,12,19H2,1H3. The monoisotopic (exact) mass is 294 g/mol. The van der Waals surface area contributed by atoms with E-state index in [-0.39, 0.29) is 6.04 Å². The molecule has 0 aliphatic carbocycles. The lowest BCUT2D eigenvalue weighted by molar-refractivity contribution is 0.827. The molecule has 1 heterocycles. The topological polar surface area (TPSA) is 38.9 Å². The van der Waals surface area contributed by atoms with Crippen LogP contribution in [0, 0.1) is 6.92 Å². The highest BCUT2D eigenvalue weighted by Gasteiger charge is 2.08. The average Bonchev–Trinajstić information content (AvgIpc) is 2.53. The molecular weight excluding hydrogens is 276 g/mol. The highest BCUT2D eigenvalue weighted by molar-refractivity contribution is 7.99. The molecule has 2 aromatic carbocycles. The van der Waals surface area contributed by atoms with Gasteiger partial charge in [0, 0.05) is 28.3 Å². The van der Waals surface area contributed by atoms with Crippen molar-refractivity contribution in [3.05, 3.63) is 71.9 Å². The first-order valence-electron chi connectivity index (χ1n) is 7.02. The summed E-state index contributed by atoms with van der Waals surface area (Å²) < 4.78 is 0. The van der Waals surface area contributed by atoms with Crippen LogP contribution in [0.1, 0.15) is 17.2 Å². The molecule has 0 amide bonds. The van der Waals surface area contributed by atoms with Crippen molar-refractivity contribution in [2.45, 2.75) is 17.9 Å². The second-order valence-electron chi connectivity index (χ2n) is 5.19. The van der Waals surface area contributed by atoms with Crippen LogP contribution in [0.15, 0.2) is 65.7 Å². The van der Waals surface area contributed by atoms with Gasteiger partial charge in [-0.1, -0.05) is 35.9 Å². The highest BCUT2D eigenvalue weighted by Crippen LogP contribution is 2.24. The van der Waals surface area contributed by atoms with Crippen molar-refractivity contribution in [3.8, 4) is 0 Å². The lowest BCUT2D eigenvalue weighted by Crippen LogP contribution is -2.13. The largest absolute Gasteiger partial charge is 0.323 e. The molecule has 0 saturated heterocycles. The molecule has 0 saturated carbocycles. The van der Waals surface area contributed by atoms with Crippen molar-refractivity contribution in [2.75, 3.05) is 5.75 Å². The number of nitrogens with zero attached hydrogens (tertiary/aromatic N) is 1. The summed E-state index contributed by atoms with van der Waals surface area (Å²) in [4.78, 5) is 5.73. The van der Waals surface area contributed by atoms with Crippen molar-refractivity contribution in [2.24, 2.45) is 5.73 Å². The van der Waals surface area contributed by atoms with Crippen LogP contribution in [0.2, 0.25) is 0 Å². The van der Waals surface area contributed by atoms with Gasteiger partial charge in [-0.3, -0.25) is 4.98 Å². The van der Waals surface area contributed by atoms with Crippen LogP contribution < -0.4 is 5.73 Å². The third-order valence-corrected chi connectivity index (χ3v) is 4.62. The van der Waals surface area contributed by atoms with Crippen LogP contribution in [0.5, 0.6) is 0 Å². The molecule has 0 aliphatic rings. The fraction of sp³-hybridized carbons (Fsp3) is 0.167. The number of para-hydroxylation sites is 1. The molecule has 3 rings (SSSR count). The number of aryl methyl sites for hydroxylation is 1. The van der Waals surface area contributed by atoms with Crippen LogP contribution in [0.3, 0.4) is 0 Å². The summed E-state index contributed by atoms with van der Waals surface area (Å²) in [5, 5.41) is 1.14. The van der Waals surface area contributed by atoms with Gasteiger partial charge in [0.1, 0.15) is 0 Å². The number of nitrogens with two attached hydrogens (primary N) is 1. The quantitative estimate of drug-likeness (QED) is 0.728. The van der Waals surface area contributed by atoms with Crippen molar-refractivity contribution in [1.82, 2.24) is 4.98 Å². The third kappa shape index (κ3) is 3.43. The van der Waals surface area contributed by atoms with Crippen molar-refractivity contribution >= 4 is 22.7 Å². The lowest BCUT2D eigenvalue weighted by atomic mass is 10.1. The number of benzene rings is 2. The Balaban J connectivity index is 1.71. The van der Waals surface area contributed by atoms with Gasteiger partial charge in [-0.2, -0.15) is 0 Å². The van der Waals surface area contributed by atoms with Crippen molar-refractivity contribution < 1.29 is 0 Å². The molecule has 1 atom stereocenters. The summed E-state index contributed by atoms with van der Waals surface area (Å²) in [6, 6.07) is 18.8. The molecule has 3 aromatic rings. The minimum atomic E-state index is -0.00610. The molecule has 0 spiro atoms. The van der Waals surface area contributed by atoms with Crippen molar-refractivity contribution in [3.63, 3.8) is 0 Å². The van der Waals surface area contributed by atoms with E-state index in [1.54, 1.807) is 11.8 Å². The Morgan fingerprint density at radius 3 is 2.67 bits per heavy atom. The molecule has 0 aliphatic heterocycles. The number of thioether (sulfide) groups is 1. The van der Waals surface area contributed by atoms with Gasteiger partial charge in [0.2, 0.25) is 0 Å². The zero-order valence-corrected chi connectivity index (χ0v) is 12.8. The third-order valence-electron chi connectivity index (χ3n) is 3.49. The van der Waals surface area contributed by atoms with E-state index >= 15 is 0 Å². The van der Waals surface area contributed by atoms with E-state index < -0.39 is 0 Å². The zero-order chi connectivity index (χ0) is 14.7. The van der Waals surface area contributed by atoms with E-state index in [9.17, 15) is 0 Å². The van der Waals surface area contributed by atoms with E-state index in [2.05, 4.69) is 48.3 Å². The molecule has 2 N–H and O–H groups in total. The summed E-state index contributed by atoms with van der Waals surface area (Å²) in [5.74, 6) is 0.850. The Morgan fingerprint density at radius 1 is 1.10 bits per heavy atom. The average molecular weight is 294 g/mol. The number of hydrogen-bond donors (Lipinski definition) is 1. The minimum absolute atomic E-state index is 0.00610. The summed E-state index contributed by atoms with van der Waals surface area (Å²) in [7, 11) is 0. The van der Waals surface area contributed by atoms with E-state index in [0.29, 0.717) is 0 Å². The predicted octanol–water partition coefficient (Wildman–Crippen LogP) is 4.34. The first-order valence-corrected chi connectivity index (χ1v) is 8.01. The Kier molecular flexibility index (Phi) is 4.23. The molecule has 1 unspecified atom stereocenters. The molecule has 3 heteroatoms. The van der Waals surface area contributed by atoms with Gasteiger partial charge >= 0.3 is 0 Å². The normalized spacial score (nSPS) is 12.5. The Labute approximate surface area is 129 Å². The van der Waals surface area contributed by atoms with Crippen LogP contribution in [0.4, 0.5) is 0 Å². The SMILES string of the molecule is Cc1ccc(SCC(N)c2cnc3ccccc3c2)cc1. The molecule has 0 fully saturated rings. The van der Waals surface area contributed by atoms with E-state index in [1.807, 2.05) is 24.4 Å². The Morgan fingerprint density at radius 2 is 1.86 bits per heavy atom. The zero-order valence-electron chi connectivity index (χ0n) is 12.0. The summed E-state index contributed by atoms with van der Waals surface area (Å²) >= 11 is 1.78. The first-order chi connectivity index (χ1) is 10.2. The van der Waals surface area contributed by atoms with E-state index in [4.69, 9.17) is 5.73 Å². The molecular formula is C18H18N2S. The van der Waals surface area contributed by atoms with Gasteiger partial charge in [0.05, 0.1) is 5.52 Å². The first kappa shape index (κ1) is 14.1. The maximum absolute atomic E-state index is 6.30. The molecule has 1 aromatic heterocycles. The Bertz CT molecular complexity index is 738. The number of aromatic nitrogens is 1. The van der Waals surface area contributed by atoms with Crippen LogP contribution in [-0.4, -0.2) is 10.7 Å². The smallest absolute Gasteiger partial charge is 0.0702 e. The van der Waals surface area contributed by atoms with Gasteiger partial charge in [-0.15, -0.1) is 11.8 Å². The van der Waals surface area contributed by atoms with E-state index in [1.165, 1.54) is 10.5 Å². The minimum Gasteiger partial charge on any atom is -0.323 e. The highest BCUT2D eigenvalue weighted by atomic mass is 32.2. The summed E-state index contributed by atoms with van der Waals surface area (Å²) in [5.41, 5.74) is 9.69. The van der Waals surface area contributed by atoms with Crippen LogP contribution >= 0.6 is 11.8 Å². The molecule has 2 nitrogen and oxygen atoms in total. The fourth-order valence-corrected chi connectivity index (χ4v) is 3.10. The summed E-state index contributed by atoms with van der Waals surface area (Å²) in [6.07, 6.45) is 1.89. The second kappa shape index (κ2) is 6.29. The van der Waals surface area contributed by atoms with E-state index in [0.717, 1.165) is 22.2 Å². The van der Waals surface area contributed by atoms with Crippen molar-refractivity contribution in [1.29, 1.82) is 0 Å². The fourth-order valence-electron chi connectivity index (χ4n) is 2.21. The van der Waals surface area contributed by atoms with Gasteiger partial charge in [-0.25, -0.2) is 0 Å². The van der Waals surface area contributed by atoms with Gasteiger partial charge in [0.15, 0.2) is 0 Å².